The van der Waals surface area contributed by atoms with Crippen LogP contribution >= 0.6 is 0 Å². The minimum absolute atomic E-state index is 0.169. The number of imidazole rings is 1. The average molecular weight is 250 g/mol. The molecule has 0 saturated carbocycles. The maximum absolute atomic E-state index is 12.3. The summed E-state index contributed by atoms with van der Waals surface area (Å²) in [6, 6.07) is -0.240. The summed E-state index contributed by atoms with van der Waals surface area (Å²) in [6.45, 7) is 6.16. The van der Waals surface area contributed by atoms with Crippen molar-refractivity contribution in [1.82, 2.24) is 19.4 Å². The number of likely N-dealkylation sites (N-methyl/N-ethyl adjacent to an activating group) is 1. The molecule has 6 heteroatoms. The zero-order valence-electron chi connectivity index (χ0n) is 11.2. The summed E-state index contributed by atoms with van der Waals surface area (Å²) in [5, 5.41) is 0. The number of aromatic nitrogens is 2. The highest BCUT2D eigenvalue weighted by molar-refractivity contribution is 6.06. The maximum atomic E-state index is 12.3. The number of amides is 3. The highest BCUT2D eigenvalue weighted by atomic mass is 16.2. The topological polar surface area (TPSA) is 58.4 Å². The Morgan fingerprint density at radius 1 is 1.33 bits per heavy atom. The van der Waals surface area contributed by atoms with Crippen molar-refractivity contribution in [2.24, 2.45) is 7.05 Å². The molecule has 1 aliphatic heterocycles. The van der Waals surface area contributed by atoms with Crippen molar-refractivity contribution < 1.29 is 9.59 Å². The standard InChI is InChI=1S/C12H18N4O2/c1-5-16-11(18)15(10(17)12(16,2)3)8-9-13-6-7-14(9)4/h6-7H,5,8H2,1-4H3. The van der Waals surface area contributed by atoms with Crippen molar-refractivity contribution >= 4 is 11.9 Å². The van der Waals surface area contributed by atoms with Crippen LogP contribution in [-0.4, -0.2) is 43.4 Å². The summed E-state index contributed by atoms with van der Waals surface area (Å²) < 4.78 is 1.81. The Morgan fingerprint density at radius 2 is 2.00 bits per heavy atom. The number of hydrogen-bond donors (Lipinski definition) is 0. The molecule has 1 saturated heterocycles. The second kappa shape index (κ2) is 4.12. The van der Waals surface area contributed by atoms with E-state index in [-0.39, 0.29) is 18.5 Å². The first kappa shape index (κ1) is 12.6. The van der Waals surface area contributed by atoms with E-state index in [1.807, 2.05) is 18.5 Å². The number of carbonyl (C=O) groups excluding carboxylic acids is 2. The van der Waals surface area contributed by atoms with E-state index in [0.717, 1.165) is 0 Å². The Kier molecular flexibility index (Phi) is 2.88. The largest absolute Gasteiger partial charge is 0.337 e. The van der Waals surface area contributed by atoms with Crippen molar-refractivity contribution in [2.75, 3.05) is 6.54 Å². The predicted molar refractivity (Wildman–Crippen MR) is 65.6 cm³/mol. The molecule has 0 aliphatic carbocycles. The van der Waals surface area contributed by atoms with Crippen molar-refractivity contribution in [3.05, 3.63) is 18.2 Å². The quantitative estimate of drug-likeness (QED) is 0.751. The number of aryl methyl sites for hydroxylation is 1. The van der Waals surface area contributed by atoms with Gasteiger partial charge in [-0.15, -0.1) is 0 Å². The summed E-state index contributed by atoms with van der Waals surface area (Å²) >= 11 is 0. The molecule has 6 nitrogen and oxygen atoms in total. The normalized spacial score (nSPS) is 18.9. The number of nitrogens with zero attached hydrogens (tertiary/aromatic N) is 4. The van der Waals surface area contributed by atoms with E-state index in [4.69, 9.17) is 0 Å². The third kappa shape index (κ3) is 1.68. The minimum atomic E-state index is -0.767. The fourth-order valence-corrected chi connectivity index (χ4v) is 2.28. The van der Waals surface area contributed by atoms with Crippen LogP contribution in [0.5, 0.6) is 0 Å². The van der Waals surface area contributed by atoms with Gasteiger partial charge >= 0.3 is 6.03 Å². The summed E-state index contributed by atoms with van der Waals surface area (Å²) in [7, 11) is 1.84. The number of hydrogen-bond acceptors (Lipinski definition) is 3. The fraction of sp³-hybridized carbons (Fsp3) is 0.583. The number of rotatable bonds is 3. The van der Waals surface area contributed by atoms with Crippen LogP contribution in [-0.2, 0) is 18.4 Å². The van der Waals surface area contributed by atoms with E-state index in [0.29, 0.717) is 12.4 Å². The van der Waals surface area contributed by atoms with Gasteiger partial charge in [0.25, 0.3) is 5.91 Å². The van der Waals surface area contributed by atoms with Crippen LogP contribution in [0.4, 0.5) is 4.79 Å². The van der Waals surface area contributed by atoms with Crippen molar-refractivity contribution in [3.8, 4) is 0 Å². The lowest BCUT2D eigenvalue weighted by Gasteiger charge is -2.25. The molecule has 1 aromatic heterocycles. The van der Waals surface area contributed by atoms with Crippen LogP contribution in [0.15, 0.2) is 12.4 Å². The molecule has 0 atom stereocenters. The lowest BCUT2D eigenvalue weighted by atomic mass is 10.0. The van der Waals surface area contributed by atoms with E-state index < -0.39 is 5.54 Å². The number of urea groups is 1. The van der Waals surface area contributed by atoms with Gasteiger partial charge in [0.1, 0.15) is 11.4 Å². The van der Waals surface area contributed by atoms with E-state index in [1.54, 1.807) is 31.1 Å². The zero-order valence-corrected chi connectivity index (χ0v) is 11.2. The van der Waals surface area contributed by atoms with Gasteiger partial charge in [-0.05, 0) is 20.8 Å². The molecule has 0 radical (unpaired) electrons. The first-order valence-electron chi connectivity index (χ1n) is 5.99. The van der Waals surface area contributed by atoms with Gasteiger partial charge in [0.15, 0.2) is 0 Å². The average Bonchev–Trinajstić information content (AvgIpc) is 2.76. The van der Waals surface area contributed by atoms with Crippen molar-refractivity contribution in [1.29, 1.82) is 0 Å². The van der Waals surface area contributed by atoms with E-state index in [9.17, 15) is 9.59 Å². The molecule has 2 rings (SSSR count). The molecule has 0 spiro atoms. The summed E-state index contributed by atoms with van der Waals surface area (Å²) in [6.07, 6.45) is 3.45. The Bertz CT molecular complexity index is 492. The highest BCUT2D eigenvalue weighted by Gasteiger charge is 2.50. The van der Waals surface area contributed by atoms with Gasteiger partial charge in [-0.3, -0.25) is 9.69 Å². The number of carbonyl (C=O) groups is 2. The third-order valence-corrected chi connectivity index (χ3v) is 3.44. The molecular formula is C12H18N4O2. The van der Waals surface area contributed by atoms with Crippen LogP contribution < -0.4 is 0 Å². The Morgan fingerprint density at radius 3 is 2.44 bits per heavy atom. The molecular weight excluding hydrogens is 232 g/mol. The lowest BCUT2D eigenvalue weighted by molar-refractivity contribution is -0.132. The van der Waals surface area contributed by atoms with Gasteiger partial charge in [0, 0.05) is 26.0 Å². The molecule has 18 heavy (non-hydrogen) atoms. The van der Waals surface area contributed by atoms with E-state index in [1.165, 1.54) is 4.90 Å². The third-order valence-electron chi connectivity index (χ3n) is 3.44. The molecule has 1 aliphatic rings. The molecule has 0 bridgehead atoms. The Hall–Kier alpha value is -1.85. The van der Waals surface area contributed by atoms with Crippen molar-refractivity contribution in [2.45, 2.75) is 32.9 Å². The SMILES string of the molecule is CCN1C(=O)N(Cc2nccn2C)C(=O)C1(C)C. The van der Waals surface area contributed by atoms with Crippen molar-refractivity contribution in [3.63, 3.8) is 0 Å². The molecule has 0 unspecified atom stereocenters. The maximum Gasteiger partial charge on any atom is 0.328 e. The predicted octanol–water partition coefficient (Wildman–Crippen LogP) is 0.983. The summed E-state index contributed by atoms with van der Waals surface area (Å²) in [4.78, 5) is 31.5. The van der Waals surface area contributed by atoms with Gasteiger partial charge in [-0.25, -0.2) is 9.78 Å². The Balaban J connectivity index is 2.27. The van der Waals surface area contributed by atoms with Gasteiger partial charge in [0.05, 0.1) is 6.54 Å². The first-order chi connectivity index (χ1) is 8.39. The van der Waals surface area contributed by atoms with Crippen LogP contribution in [0.25, 0.3) is 0 Å². The van der Waals surface area contributed by atoms with Crippen LogP contribution in [0.2, 0.25) is 0 Å². The van der Waals surface area contributed by atoms with Crippen LogP contribution in [0.3, 0.4) is 0 Å². The molecule has 1 fully saturated rings. The molecule has 98 valence electrons. The lowest BCUT2D eigenvalue weighted by Crippen LogP contribution is -2.43. The van der Waals surface area contributed by atoms with E-state index in [2.05, 4.69) is 4.98 Å². The first-order valence-corrected chi connectivity index (χ1v) is 5.99. The zero-order chi connectivity index (χ0) is 13.5. The number of imide groups is 1. The monoisotopic (exact) mass is 250 g/mol. The van der Waals surface area contributed by atoms with Gasteiger partial charge in [0.2, 0.25) is 0 Å². The van der Waals surface area contributed by atoms with Gasteiger partial charge in [-0.1, -0.05) is 0 Å². The molecule has 3 amide bonds. The molecule has 1 aromatic rings. The Labute approximate surface area is 106 Å². The molecule has 0 N–H and O–H groups in total. The fourth-order valence-electron chi connectivity index (χ4n) is 2.28. The summed E-state index contributed by atoms with van der Waals surface area (Å²) in [5.41, 5.74) is -0.767. The van der Waals surface area contributed by atoms with Crippen LogP contribution in [0, 0.1) is 0 Å². The summed E-state index contributed by atoms with van der Waals surface area (Å²) in [5.74, 6) is 0.530. The smallest absolute Gasteiger partial charge is 0.328 e. The minimum Gasteiger partial charge on any atom is -0.337 e. The molecule has 0 aromatic carbocycles. The second-order valence-corrected chi connectivity index (χ2v) is 4.93. The van der Waals surface area contributed by atoms with Gasteiger partial charge < -0.3 is 9.47 Å². The van der Waals surface area contributed by atoms with E-state index >= 15 is 0 Å². The van der Waals surface area contributed by atoms with Gasteiger partial charge in [-0.2, -0.15) is 0 Å². The highest BCUT2D eigenvalue weighted by Crippen LogP contribution is 2.28. The molecule has 2 heterocycles. The second-order valence-electron chi connectivity index (χ2n) is 4.93. The van der Waals surface area contributed by atoms with Crippen LogP contribution in [0.1, 0.15) is 26.6 Å².